The molecule has 0 spiro atoms. The third-order valence-electron chi connectivity index (χ3n) is 3.56. The van der Waals surface area contributed by atoms with E-state index in [4.69, 9.17) is 0 Å². The van der Waals surface area contributed by atoms with Crippen molar-refractivity contribution in [3.63, 3.8) is 0 Å². The van der Waals surface area contributed by atoms with Crippen molar-refractivity contribution in [3.05, 3.63) is 0 Å². The average Bonchev–Trinajstić information content (AvgIpc) is 2.20. The molecule has 4 nitrogen and oxygen atoms in total. The lowest BCUT2D eigenvalue weighted by Gasteiger charge is -2.28. The van der Waals surface area contributed by atoms with Crippen LogP contribution in [-0.4, -0.2) is 24.6 Å². The predicted octanol–water partition coefficient (Wildman–Crippen LogP) is 2.15. The Morgan fingerprint density at radius 3 is 2.11 bits per heavy atom. The number of ketones is 2. The molecule has 0 amide bonds. The van der Waals surface area contributed by atoms with Gasteiger partial charge in [-0.05, 0) is 12.8 Å². The van der Waals surface area contributed by atoms with E-state index >= 15 is 0 Å². The number of hydrogen-bond acceptors (Lipinski definition) is 4. The summed E-state index contributed by atoms with van der Waals surface area (Å²) >= 11 is 0. The summed E-state index contributed by atoms with van der Waals surface area (Å²) in [6, 6.07) is 0. The molecule has 1 saturated carbocycles. The number of Topliss-reactive ketones (excluding diaryl/α,β-unsaturated/α-hetero) is 2. The molecule has 18 heavy (non-hydrogen) atoms. The van der Waals surface area contributed by atoms with E-state index in [-0.39, 0.29) is 23.9 Å². The number of esters is 1. The summed E-state index contributed by atoms with van der Waals surface area (Å²) < 4.78 is 4.65. The van der Waals surface area contributed by atoms with Gasteiger partial charge < -0.3 is 4.74 Å². The maximum atomic E-state index is 12.1. The fourth-order valence-electron chi connectivity index (χ4n) is 1.91. The van der Waals surface area contributed by atoms with Crippen LogP contribution in [0.25, 0.3) is 0 Å². The molecule has 0 N–H and O–H groups in total. The minimum absolute atomic E-state index is 0.0362. The van der Waals surface area contributed by atoms with Gasteiger partial charge in [-0.25, -0.2) is 0 Å². The van der Waals surface area contributed by atoms with Crippen molar-refractivity contribution in [1.29, 1.82) is 0 Å². The first-order chi connectivity index (χ1) is 8.27. The van der Waals surface area contributed by atoms with E-state index in [0.717, 1.165) is 19.3 Å². The second-order valence-corrected chi connectivity index (χ2v) is 5.98. The number of methoxy groups -OCH3 is 1. The van der Waals surface area contributed by atoms with Gasteiger partial charge in [0.05, 0.1) is 7.11 Å². The van der Waals surface area contributed by atoms with Crippen molar-refractivity contribution >= 4 is 17.5 Å². The summed E-state index contributed by atoms with van der Waals surface area (Å²) in [5.74, 6) is -1.74. The van der Waals surface area contributed by atoms with E-state index < -0.39 is 17.3 Å². The molecule has 102 valence electrons. The molecular formula is C14H22O4. The van der Waals surface area contributed by atoms with Crippen LogP contribution in [0.5, 0.6) is 0 Å². The molecule has 0 aliphatic heterocycles. The van der Waals surface area contributed by atoms with Gasteiger partial charge in [-0.15, -0.1) is 0 Å². The minimum Gasteiger partial charge on any atom is -0.468 e. The summed E-state index contributed by atoms with van der Waals surface area (Å²) in [6.07, 6.45) is 2.65. The number of hydrogen-bond donors (Lipinski definition) is 0. The molecule has 0 radical (unpaired) electrons. The molecule has 1 atom stereocenters. The molecule has 0 aromatic heterocycles. The van der Waals surface area contributed by atoms with Crippen LogP contribution in [0.3, 0.4) is 0 Å². The van der Waals surface area contributed by atoms with Crippen molar-refractivity contribution in [3.8, 4) is 0 Å². The molecular weight excluding hydrogens is 232 g/mol. The summed E-state index contributed by atoms with van der Waals surface area (Å²) in [5.41, 5.74) is -0.536. The second kappa shape index (κ2) is 5.63. The van der Waals surface area contributed by atoms with Crippen LogP contribution in [0, 0.1) is 17.3 Å². The van der Waals surface area contributed by atoms with Crippen LogP contribution in [0.2, 0.25) is 0 Å². The molecule has 1 aliphatic carbocycles. The van der Waals surface area contributed by atoms with E-state index in [9.17, 15) is 14.4 Å². The van der Waals surface area contributed by atoms with Crippen molar-refractivity contribution < 1.29 is 19.1 Å². The first-order valence-electron chi connectivity index (χ1n) is 6.42. The van der Waals surface area contributed by atoms with E-state index in [1.54, 1.807) is 20.8 Å². The lowest BCUT2D eigenvalue weighted by molar-refractivity contribution is -0.154. The third kappa shape index (κ3) is 3.40. The first-order valence-corrected chi connectivity index (χ1v) is 6.42. The maximum absolute atomic E-state index is 12.1. The SMILES string of the molecule is COC(=O)C(CC(=O)C(C)(C)C)C(=O)C1CCC1. The quantitative estimate of drug-likeness (QED) is 0.557. The van der Waals surface area contributed by atoms with Crippen LogP contribution < -0.4 is 0 Å². The van der Waals surface area contributed by atoms with Gasteiger partial charge in [-0.1, -0.05) is 27.2 Å². The van der Waals surface area contributed by atoms with Crippen molar-refractivity contribution in [2.75, 3.05) is 7.11 Å². The molecule has 4 heteroatoms. The van der Waals surface area contributed by atoms with Gasteiger partial charge in [0.1, 0.15) is 11.7 Å². The highest BCUT2D eigenvalue weighted by atomic mass is 16.5. The smallest absolute Gasteiger partial charge is 0.316 e. The Hall–Kier alpha value is -1.19. The van der Waals surface area contributed by atoms with Crippen molar-refractivity contribution in [1.82, 2.24) is 0 Å². The fourth-order valence-corrected chi connectivity index (χ4v) is 1.91. The van der Waals surface area contributed by atoms with Gasteiger partial charge in [-0.3, -0.25) is 14.4 Å². The fraction of sp³-hybridized carbons (Fsp3) is 0.786. The lowest BCUT2D eigenvalue weighted by Crippen LogP contribution is -2.37. The molecule has 0 aromatic carbocycles. The van der Waals surface area contributed by atoms with Gasteiger partial charge >= 0.3 is 5.97 Å². The Balaban J connectivity index is 2.75. The molecule has 0 aromatic rings. The zero-order valence-electron chi connectivity index (χ0n) is 11.6. The zero-order chi connectivity index (χ0) is 13.9. The number of carbonyl (C=O) groups is 3. The van der Waals surface area contributed by atoms with Gasteiger partial charge in [-0.2, -0.15) is 0 Å². The van der Waals surface area contributed by atoms with E-state index in [0.29, 0.717) is 0 Å². The van der Waals surface area contributed by atoms with Crippen LogP contribution >= 0.6 is 0 Å². The van der Waals surface area contributed by atoms with Gasteiger partial charge in [0.2, 0.25) is 0 Å². The normalized spacial score (nSPS) is 17.8. The Morgan fingerprint density at radius 1 is 1.22 bits per heavy atom. The highest BCUT2D eigenvalue weighted by Gasteiger charge is 2.38. The molecule has 1 rings (SSSR count). The second-order valence-electron chi connectivity index (χ2n) is 5.98. The third-order valence-corrected chi connectivity index (χ3v) is 3.56. The van der Waals surface area contributed by atoms with Gasteiger partial charge in [0.15, 0.2) is 5.78 Å². The monoisotopic (exact) mass is 254 g/mol. The van der Waals surface area contributed by atoms with Crippen LogP contribution in [0.15, 0.2) is 0 Å². The Labute approximate surface area is 108 Å². The Bertz CT molecular complexity index is 347. The summed E-state index contributed by atoms with van der Waals surface area (Å²) in [6.45, 7) is 5.37. The topological polar surface area (TPSA) is 60.4 Å². The van der Waals surface area contributed by atoms with Gasteiger partial charge in [0, 0.05) is 17.8 Å². The molecule has 0 heterocycles. The number of carbonyl (C=O) groups excluding carboxylic acids is 3. The summed E-state index contributed by atoms with van der Waals surface area (Å²) in [7, 11) is 1.25. The highest BCUT2D eigenvalue weighted by Crippen LogP contribution is 2.32. The van der Waals surface area contributed by atoms with E-state index in [1.165, 1.54) is 7.11 Å². The maximum Gasteiger partial charge on any atom is 0.316 e. The molecule has 0 bridgehead atoms. The minimum atomic E-state index is -0.910. The van der Waals surface area contributed by atoms with Crippen molar-refractivity contribution in [2.24, 2.45) is 17.3 Å². The van der Waals surface area contributed by atoms with E-state index in [2.05, 4.69) is 4.74 Å². The van der Waals surface area contributed by atoms with Gasteiger partial charge in [0.25, 0.3) is 0 Å². The molecule has 1 aliphatic rings. The lowest BCUT2D eigenvalue weighted by atomic mass is 9.75. The molecule has 1 fully saturated rings. The number of ether oxygens (including phenoxy) is 1. The number of rotatable bonds is 5. The molecule has 0 saturated heterocycles. The van der Waals surface area contributed by atoms with E-state index in [1.807, 2.05) is 0 Å². The Morgan fingerprint density at radius 2 is 1.78 bits per heavy atom. The molecule has 1 unspecified atom stereocenters. The first kappa shape index (κ1) is 14.9. The summed E-state index contributed by atoms with van der Waals surface area (Å²) in [5, 5.41) is 0. The average molecular weight is 254 g/mol. The predicted molar refractivity (Wildman–Crippen MR) is 66.9 cm³/mol. The van der Waals surface area contributed by atoms with Crippen LogP contribution in [0.4, 0.5) is 0 Å². The van der Waals surface area contributed by atoms with Crippen LogP contribution in [-0.2, 0) is 19.1 Å². The summed E-state index contributed by atoms with van der Waals surface area (Å²) in [4.78, 5) is 35.8. The van der Waals surface area contributed by atoms with Crippen molar-refractivity contribution in [2.45, 2.75) is 46.5 Å². The standard InChI is InChI=1S/C14H22O4/c1-14(2,3)11(15)8-10(13(17)18-4)12(16)9-6-5-7-9/h9-10H,5-8H2,1-4H3. The van der Waals surface area contributed by atoms with Crippen LogP contribution in [0.1, 0.15) is 46.5 Å². The Kier molecular flexibility index (Phi) is 4.65. The highest BCUT2D eigenvalue weighted by molar-refractivity contribution is 6.04. The largest absolute Gasteiger partial charge is 0.468 e. The zero-order valence-corrected chi connectivity index (χ0v) is 11.6.